The average Bonchev–Trinajstić information content (AvgIpc) is 2.75. The Morgan fingerprint density at radius 1 is 1.25 bits per heavy atom. The number of para-hydroxylation sites is 1. The second-order valence-electron chi connectivity index (χ2n) is 4.08. The van der Waals surface area contributed by atoms with Crippen molar-refractivity contribution < 1.29 is 4.79 Å². The third-order valence-corrected chi connectivity index (χ3v) is 3.05. The van der Waals surface area contributed by atoms with E-state index in [1.54, 1.807) is 0 Å². The van der Waals surface area contributed by atoms with Crippen molar-refractivity contribution in [2.75, 3.05) is 0 Å². The van der Waals surface area contributed by atoms with Gasteiger partial charge in [-0.2, -0.15) is 0 Å². The number of benzene rings is 1. The predicted octanol–water partition coefficient (Wildman–Crippen LogP) is 2.19. The monoisotopic (exact) mass is 212 g/mol. The van der Waals surface area contributed by atoms with Gasteiger partial charge in [0.2, 0.25) is 5.91 Å². The number of fused-ring (bicyclic) bond motifs is 1. The maximum Gasteiger partial charge on any atom is 0.220 e. The highest BCUT2D eigenvalue weighted by molar-refractivity contribution is 5.85. The topological polar surface area (TPSA) is 42.0 Å². The summed E-state index contributed by atoms with van der Waals surface area (Å²) < 4.78 is 0. The molecular weight excluding hydrogens is 200 g/mol. The lowest BCUT2D eigenvalue weighted by atomic mass is 10.0. The van der Waals surface area contributed by atoms with Crippen molar-refractivity contribution in [3.63, 3.8) is 0 Å². The molecule has 1 aliphatic heterocycles. The number of amides is 1. The average molecular weight is 212 g/mol. The number of hydrogen-bond acceptors (Lipinski definition) is 2. The SMILES string of the molecule is O=C1CCC(c2ccnc3ccccc23)N1. The van der Waals surface area contributed by atoms with E-state index in [1.165, 1.54) is 5.56 Å². The van der Waals surface area contributed by atoms with Crippen LogP contribution in [-0.4, -0.2) is 10.9 Å². The Hall–Kier alpha value is -1.90. The predicted molar refractivity (Wildman–Crippen MR) is 61.9 cm³/mol. The van der Waals surface area contributed by atoms with E-state index < -0.39 is 0 Å². The molecule has 2 aromatic rings. The van der Waals surface area contributed by atoms with Crippen molar-refractivity contribution in [3.05, 3.63) is 42.1 Å². The van der Waals surface area contributed by atoms with Crippen LogP contribution in [0.3, 0.4) is 0 Å². The Morgan fingerprint density at radius 3 is 2.94 bits per heavy atom. The molecule has 0 spiro atoms. The smallest absolute Gasteiger partial charge is 0.220 e. The Labute approximate surface area is 93.5 Å². The van der Waals surface area contributed by atoms with E-state index in [0.29, 0.717) is 6.42 Å². The van der Waals surface area contributed by atoms with Gasteiger partial charge in [0.1, 0.15) is 0 Å². The third kappa shape index (κ3) is 1.45. The zero-order valence-electron chi connectivity index (χ0n) is 8.81. The largest absolute Gasteiger partial charge is 0.349 e. The molecule has 0 aliphatic carbocycles. The molecule has 3 heteroatoms. The quantitative estimate of drug-likeness (QED) is 0.787. The molecule has 1 aliphatic rings. The molecule has 1 unspecified atom stereocenters. The van der Waals surface area contributed by atoms with Crippen molar-refractivity contribution in [1.29, 1.82) is 0 Å². The van der Waals surface area contributed by atoms with E-state index >= 15 is 0 Å². The van der Waals surface area contributed by atoms with E-state index in [1.807, 2.05) is 30.5 Å². The molecule has 1 atom stereocenters. The molecular formula is C13H12N2O. The minimum absolute atomic E-state index is 0.144. The lowest BCUT2D eigenvalue weighted by Gasteiger charge is -2.12. The Morgan fingerprint density at radius 2 is 2.12 bits per heavy atom. The molecule has 3 nitrogen and oxygen atoms in total. The van der Waals surface area contributed by atoms with Gasteiger partial charge in [-0.15, -0.1) is 0 Å². The second kappa shape index (κ2) is 3.59. The van der Waals surface area contributed by atoms with E-state index in [9.17, 15) is 4.79 Å². The van der Waals surface area contributed by atoms with Crippen LogP contribution in [0.1, 0.15) is 24.4 Å². The van der Waals surface area contributed by atoms with Crippen LogP contribution < -0.4 is 5.32 Å². The highest BCUT2D eigenvalue weighted by atomic mass is 16.1. The molecule has 1 saturated heterocycles. The van der Waals surface area contributed by atoms with Gasteiger partial charge in [0.05, 0.1) is 11.6 Å². The lowest BCUT2D eigenvalue weighted by Crippen LogP contribution is -2.18. The molecule has 1 aromatic carbocycles. The maximum atomic E-state index is 11.2. The summed E-state index contributed by atoms with van der Waals surface area (Å²) in [5.74, 6) is 0.144. The molecule has 1 fully saturated rings. The van der Waals surface area contributed by atoms with Crippen LogP contribution in [0.15, 0.2) is 36.5 Å². The summed E-state index contributed by atoms with van der Waals surface area (Å²) in [6.45, 7) is 0. The molecule has 0 bridgehead atoms. The fourth-order valence-corrected chi connectivity index (χ4v) is 2.27. The minimum Gasteiger partial charge on any atom is -0.349 e. The molecule has 80 valence electrons. The van der Waals surface area contributed by atoms with E-state index in [4.69, 9.17) is 0 Å². The number of hydrogen-bond donors (Lipinski definition) is 1. The third-order valence-electron chi connectivity index (χ3n) is 3.05. The van der Waals surface area contributed by atoms with E-state index in [0.717, 1.165) is 17.3 Å². The first-order chi connectivity index (χ1) is 7.84. The van der Waals surface area contributed by atoms with Gasteiger partial charge in [0, 0.05) is 18.0 Å². The van der Waals surface area contributed by atoms with Crippen molar-refractivity contribution in [1.82, 2.24) is 10.3 Å². The number of carbonyl (C=O) groups excluding carboxylic acids is 1. The Balaban J connectivity index is 2.13. The van der Waals surface area contributed by atoms with Gasteiger partial charge >= 0.3 is 0 Å². The number of pyridine rings is 1. The van der Waals surface area contributed by atoms with Crippen LogP contribution in [0.5, 0.6) is 0 Å². The molecule has 2 heterocycles. The van der Waals surface area contributed by atoms with Crippen LogP contribution >= 0.6 is 0 Å². The number of aromatic nitrogens is 1. The fourth-order valence-electron chi connectivity index (χ4n) is 2.27. The molecule has 0 radical (unpaired) electrons. The maximum absolute atomic E-state index is 11.2. The Kier molecular flexibility index (Phi) is 2.10. The van der Waals surface area contributed by atoms with Crippen molar-refractivity contribution >= 4 is 16.8 Å². The van der Waals surface area contributed by atoms with Crippen LogP contribution in [-0.2, 0) is 4.79 Å². The standard InChI is InChI=1S/C13H12N2O/c16-13-6-5-12(15-13)10-7-8-14-11-4-2-1-3-9(10)11/h1-4,7-8,12H,5-6H2,(H,15,16). The van der Waals surface area contributed by atoms with Crippen molar-refractivity contribution in [2.24, 2.45) is 0 Å². The van der Waals surface area contributed by atoms with Crippen molar-refractivity contribution in [3.8, 4) is 0 Å². The number of nitrogens with one attached hydrogen (secondary N) is 1. The Bertz CT molecular complexity index is 545. The van der Waals surface area contributed by atoms with Gasteiger partial charge in [-0.1, -0.05) is 18.2 Å². The normalized spacial score (nSPS) is 20.0. The van der Waals surface area contributed by atoms with Gasteiger partial charge in [-0.25, -0.2) is 0 Å². The van der Waals surface area contributed by atoms with Crippen molar-refractivity contribution in [2.45, 2.75) is 18.9 Å². The summed E-state index contributed by atoms with van der Waals surface area (Å²) in [6, 6.07) is 10.2. The zero-order chi connectivity index (χ0) is 11.0. The van der Waals surface area contributed by atoms with Gasteiger partial charge in [-0.05, 0) is 24.1 Å². The van der Waals surface area contributed by atoms with E-state index in [-0.39, 0.29) is 11.9 Å². The van der Waals surface area contributed by atoms with Gasteiger partial charge in [0.15, 0.2) is 0 Å². The first-order valence-corrected chi connectivity index (χ1v) is 5.47. The second-order valence-corrected chi connectivity index (χ2v) is 4.08. The molecule has 16 heavy (non-hydrogen) atoms. The first-order valence-electron chi connectivity index (χ1n) is 5.47. The van der Waals surface area contributed by atoms with Crippen LogP contribution in [0, 0.1) is 0 Å². The molecule has 1 aromatic heterocycles. The van der Waals surface area contributed by atoms with Crippen LogP contribution in [0.4, 0.5) is 0 Å². The van der Waals surface area contributed by atoms with Crippen LogP contribution in [0.2, 0.25) is 0 Å². The zero-order valence-corrected chi connectivity index (χ0v) is 8.81. The fraction of sp³-hybridized carbons (Fsp3) is 0.231. The van der Waals surface area contributed by atoms with Crippen LogP contribution in [0.25, 0.3) is 10.9 Å². The molecule has 1 amide bonds. The van der Waals surface area contributed by atoms with Gasteiger partial charge in [0.25, 0.3) is 0 Å². The number of nitrogens with zero attached hydrogens (tertiary/aromatic N) is 1. The molecule has 0 saturated carbocycles. The summed E-state index contributed by atoms with van der Waals surface area (Å²) in [7, 11) is 0. The number of carbonyl (C=O) groups is 1. The number of rotatable bonds is 1. The van der Waals surface area contributed by atoms with Gasteiger partial charge in [-0.3, -0.25) is 9.78 Å². The summed E-state index contributed by atoms with van der Waals surface area (Å²) >= 11 is 0. The minimum atomic E-state index is 0.144. The van der Waals surface area contributed by atoms with Gasteiger partial charge < -0.3 is 5.32 Å². The molecule has 1 N–H and O–H groups in total. The summed E-state index contributed by atoms with van der Waals surface area (Å²) in [4.78, 5) is 15.6. The first kappa shape index (κ1) is 9.33. The summed E-state index contributed by atoms with van der Waals surface area (Å²) in [6.07, 6.45) is 3.32. The lowest BCUT2D eigenvalue weighted by molar-refractivity contribution is -0.119. The van der Waals surface area contributed by atoms with E-state index in [2.05, 4.69) is 16.4 Å². The highest BCUT2D eigenvalue weighted by Gasteiger charge is 2.23. The highest BCUT2D eigenvalue weighted by Crippen LogP contribution is 2.28. The summed E-state index contributed by atoms with van der Waals surface area (Å²) in [5, 5.41) is 4.13. The summed E-state index contributed by atoms with van der Waals surface area (Å²) in [5.41, 5.74) is 2.16. The molecule has 3 rings (SSSR count).